The maximum atomic E-state index is 11.6. The lowest BCUT2D eigenvalue weighted by Crippen LogP contribution is -2.31. The molecule has 106 valence electrons. The number of aromatic amines is 1. The number of H-pyrrole nitrogens is 1. The van der Waals surface area contributed by atoms with Crippen LogP contribution in [0.2, 0.25) is 0 Å². The summed E-state index contributed by atoms with van der Waals surface area (Å²) in [5.74, 6) is 0. The van der Waals surface area contributed by atoms with Crippen LogP contribution in [0.25, 0.3) is 0 Å². The van der Waals surface area contributed by atoms with Crippen LogP contribution in [0.1, 0.15) is 19.1 Å². The van der Waals surface area contributed by atoms with Gasteiger partial charge in [-0.15, -0.1) is 0 Å². The molecule has 1 aliphatic rings. The monoisotopic (exact) mass is 308 g/mol. The zero-order valence-electron chi connectivity index (χ0n) is 9.76. The van der Waals surface area contributed by atoms with Crippen LogP contribution in [0.15, 0.2) is 21.9 Å². The van der Waals surface area contributed by atoms with Gasteiger partial charge in [0.25, 0.3) is 5.56 Å². The number of nitrogens with one attached hydrogen (secondary N) is 1. The van der Waals surface area contributed by atoms with Gasteiger partial charge in [0.05, 0.1) is 12.7 Å². The Labute approximate surface area is 112 Å². The number of rotatable bonds is 4. The van der Waals surface area contributed by atoms with E-state index in [1.165, 1.54) is 16.8 Å². The van der Waals surface area contributed by atoms with Gasteiger partial charge in [-0.1, -0.05) is 0 Å². The fraction of sp³-hybridized carbons (Fsp3) is 0.556. The van der Waals surface area contributed by atoms with Gasteiger partial charge in [0.15, 0.2) is 0 Å². The molecular formula is C9H13N2O6PS. The van der Waals surface area contributed by atoms with E-state index in [-0.39, 0.29) is 12.7 Å². The zero-order valence-corrected chi connectivity index (χ0v) is 11.5. The molecule has 0 aromatic carbocycles. The number of ether oxygens (including phenoxy) is 1. The highest BCUT2D eigenvalue weighted by molar-refractivity contribution is 8.06. The molecule has 1 saturated heterocycles. The molecule has 1 aromatic heterocycles. The largest absolute Gasteiger partial charge is 0.352 e. The average molecular weight is 308 g/mol. The first-order chi connectivity index (χ1) is 8.85. The third-order valence-corrected chi connectivity index (χ3v) is 3.48. The van der Waals surface area contributed by atoms with E-state index >= 15 is 0 Å². The summed E-state index contributed by atoms with van der Waals surface area (Å²) in [5, 5.41) is 0. The first-order valence-electron chi connectivity index (χ1n) is 5.52. The molecule has 0 amide bonds. The van der Waals surface area contributed by atoms with Gasteiger partial charge in [0.2, 0.25) is 0 Å². The molecule has 2 unspecified atom stereocenters. The van der Waals surface area contributed by atoms with Crippen LogP contribution in [-0.4, -0.2) is 32.0 Å². The molecule has 2 atom stereocenters. The van der Waals surface area contributed by atoms with Crippen molar-refractivity contribution in [1.29, 1.82) is 0 Å². The Balaban J connectivity index is 2.00. The summed E-state index contributed by atoms with van der Waals surface area (Å²) in [6, 6.07) is 1.23. The Morgan fingerprint density at radius 2 is 2.26 bits per heavy atom. The number of hydrogen-bond acceptors (Lipinski definition) is 5. The molecule has 0 saturated carbocycles. The van der Waals surface area contributed by atoms with Crippen LogP contribution >= 0.6 is 6.72 Å². The molecule has 19 heavy (non-hydrogen) atoms. The second-order valence-electron chi connectivity index (χ2n) is 4.09. The van der Waals surface area contributed by atoms with E-state index in [0.717, 1.165) is 0 Å². The molecule has 1 aliphatic heterocycles. The number of nitrogens with zero attached hydrogens (tertiary/aromatic N) is 1. The minimum atomic E-state index is -3.69. The Kier molecular flexibility index (Phi) is 4.34. The molecule has 2 rings (SSSR count). The average Bonchev–Trinajstić information content (AvgIpc) is 2.74. The zero-order chi connectivity index (χ0) is 14.0. The van der Waals surface area contributed by atoms with Crippen LogP contribution in [0.3, 0.4) is 0 Å². The van der Waals surface area contributed by atoms with E-state index in [2.05, 4.69) is 16.8 Å². The van der Waals surface area contributed by atoms with E-state index < -0.39 is 24.2 Å². The molecule has 1 aromatic rings. The summed E-state index contributed by atoms with van der Waals surface area (Å²) in [6.45, 7) is -3.73. The lowest BCUT2D eigenvalue weighted by atomic mass is 10.2. The van der Waals surface area contributed by atoms with Crippen molar-refractivity contribution >= 4 is 18.5 Å². The summed E-state index contributed by atoms with van der Waals surface area (Å²) in [5.41, 5.74) is -1.02. The van der Waals surface area contributed by atoms with Crippen molar-refractivity contribution in [3.05, 3.63) is 33.1 Å². The summed E-state index contributed by atoms with van der Waals surface area (Å²) in [6.07, 6.45) is 1.63. The van der Waals surface area contributed by atoms with E-state index in [9.17, 15) is 9.59 Å². The highest BCUT2D eigenvalue weighted by atomic mass is 32.5. The van der Waals surface area contributed by atoms with Crippen molar-refractivity contribution in [2.24, 2.45) is 0 Å². The first kappa shape index (κ1) is 14.6. The molecule has 8 nitrogen and oxygen atoms in total. The van der Waals surface area contributed by atoms with Gasteiger partial charge in [-0.3, -0.25) is 14.3 Å². The Morgan fingerprint density at radius 1 is 1.53 bits per heavy atom. The Morgan fingerprint density at radius 3 is 2.89 bits per heavy atom. The highest BCUT2D eigenvalue weighted by Gasteiger charge is 2.28. The summed E-state index contributed by atoms with van der Waals surface area (Å²) in [7, 11) is 0. The maximum absolute atomic E-state index is 11.6. The van der Waals surface area contributed by atoms with E-state index in [1.54, 1.807) is 0 Å². The van der Waals surface area contributed by atoms with Crippen molar-refractivity contribution in [2.45, 2.75) is 25.2 Å². The lowest BCUT2D eigenvalue weighted by Gasteiger charge is -2.16. The van der Waals surface area contributed by atoms with Gasteiger partial charge in [0, 0.05) is 12.3 Å². The third-order valence-electron chi connectivity index (χ3n) is 2.68. The van der Waals surface area contributed by atoms with Crippen molar-refractivity contribution < 1.29 is 19.0 Å². The maximum Gasteiger partial charge on any atom is 0.330 e. The van der Waals surface area contributed by atoms with Crippen LogP contribution in [0.5, 0.6) is 0 Å². The first-order valence-corrected chi connectivity index (χ1v) is 8.15. The number of hydrogen-bond donors (Lipinski definition) is 3. The Hall–Kier alpha value is -0.830. The molecule has 3 N–H and O–H groups in total. The fourth-order valence-corrected chi connectivity index (χ4v) is 2.39. The molecular weight excluding hydrogens is 295 g/mol. The summed E-state index contributed by atoms with van der Waals surface area (Å²) < 4.78 is 11.5. The topological polar surface area (TPSA) is 114 Å². The molecule has 0 radical (unpaired) electrons. The van der Waals surface area contributed by atoms with Crippen LogP contribution in [0.4, 0.5) is 0 Å². The van der Waals surface area contributed by atoms with E-state index in [1.807, 2.05) is 0 Å². The lowest BCUT2D eigenvalue weighted by molar-refractivity contribution is -0.0218. The van der Waals surface area contributed by atoms with Crippen molar-refractivity contribution in [3.8, 4) is 0 Å². The third kappa shape index (κ3) is 4.07. The summed E-state index contributed by atoms with van der Waals surface area (Å²) in [4.78, 5) is 42.5. The molecule has 0 bridgehead atoms. The minimum absolute atomic E-state index is 0.0428. The van der Waals surface area contributed by atoms with Crippen molar-refractivity contribution in [1.82, 2.24) is 9.55 Å². The second kappa shape index (κ2) is 5.66. The Bertz CT molecular complexity index is 607. The standard InChI is InChI=1S/C9H13N2O6PS/c12-7-3-4-11(9(13)10-7)8-2-1-6(17-8)5-16-18(14,15)19/h3-4,6,8H,1-2,5H2,(H,10,12,13)(H2,14,15,19). The second-order valence-corrected chi connectivity index (χ2v) is 6.76. The van der Waals surface area contributed by atoms with Gasteiger partial charge in [0.1, 0.15) is 6.23 Å². The smallest absolute Gasteiger partial charge is 0.330 e. The molecule has 1 fully saturated rings. The van der Waals surface area contributed by atoms with Gasteiger partial charge in [-0.05, 0) is 24.6 Å². The van der Waals surface area contributed by atoms with Crippen LogP contribution < -0.4 is 11.2 Å². The van der Waals surface area contributed by atoms with Crippen LogP contribution in [-0.2, 0) is 21.1 Å². The van der Waals surface area contributed by atoms with Crippen LogP contribution in [0, 0.1) is 0 Å². The van der Waals surface area contributed by atoms with Gasteiger partial charge < -0.3 is 19.0 Å². The molecule has 0 aliphatic carbocycles. The summed E-state index contributed by atoms with van der Waals surface area (Å²) >= 11 is 4.33. The van der Waals surface area contributed by atoms with E-state index in [0.29, 0.717) is 12.8 Å². The quantitative estimate of drug-likeness (QED) is 0.639. The van der Waals surface area contributed by atoms with Gasteiger partial charge in [-0.2, -0.15) is 0 Å². The predicted octanol–water partition coefficient (Wildman–Crippen LogP) is -0.560. The van der Waals surface area contributed by atoms with E-state index in [4.69, 9.17) is 19.0 Å². The van der Waals surface area contributed by atoms with Crippen molar-refractivity contribution in [2.75, 3.05) is 6.61 Å². The van der Waals surface area contributed by atoms with Gasteiger partial charge >= 0.3 is 12.4 Å². The number of aromatic nitrogens is 2. The van der Waals surface area contributed by atoms with Crippen molar-refractivity contribution in [3.63, 3.8) is 0 Å². The molecule has 2 heterocycles. The van der Waals surface area contributed by atoms with Gasteiger partial charge in [-0.25, -0.2) is 4.79 Å². The molecule has 0 spiro atoms. The highest BCUT2D eigenvalue weighted by Crippen LogP contribution is 2.38. The SMILES string of the molecule is O=c1ccn(C2CCC(COP(O)(O)=S)O2)c(=O)[nH]1. The fourth-order valence-electron chi connectivity index (χ4n) is 1.85. The minimum Gasteiger partial charge on any atom is -0.352 e. The molecule has 10 heteroatoms. The normalized spacial score (nSPS) is 23.7. The predicted molar refractivity (Wildman–Crippen MR) is 69.1 cm³/mol.